The Bertz CT molecular complexity index is 245. The van der Waals surface area contributed by atoms with Crippen LogP contribution in [0.5, 0.6) is 0 Å². The highest BCUT2D eigenvalue weighted by Crippen LogP contribution is 2.01. The van der Waals surface area contributed by atoms with Crippen molar-refractivity contribution >= 4 is 9.84 Å². The van der Waals surface area contributed by atoms with Gasteiger partial charge in [-0.3, -0.25) is 4.90 Å². The molecule has 0 aromatic heterocycles. The predicted molar refractivity (Wildman–Crippen MR) is 59.5 cm³/mol. The monoisotopic (exact) mass is 239 g/mol. The molecule has 0 atom stereocenters. The number of aliphatic hydroxyl groups is 2. The van der Waals surface area contributed by atoms with Crippen LogP contribution in [-0.2, 0) is 9.84 Å². The molecule has 0 aliphatic carbocycles. The molecule has 0 spiro atoms. The van der Waals surface area contributed by atoms with E-state index < -0.39 is 9.84 Å². The van der Waals surface area contributed by atoms with Crippen molar-refractivity contribution in [2.45, 2.75) is 19.1 Å². The summed E-state index contributed by atoms with van der Waals surface area (Å²) in [6.45, 7) is 4.41. The normalized spacial score (nSPS) is 12.7. The third-order valence-corrected chi connectivity index (χ3v) is 4.43. The Labute approximate surface area is 91.6 Å². The van der Waals surface area contributed by atoms with Gasteiger partial charge < -0.3 is 10.2 Å². The molecule has 0 heterocycles. The van der Waals surface area contributed by atoms with E-state index in [1.807, 2.05) is 0 Å². The number of aliphatic hydroxyl groups excluding tert-OH is 2. The predicted octanol–water partition coefficient (Wildman–Crippen LogP) is -0.904. The Morgan fingerprint density at radius 2 is 1.53 bits per heavy atom. The minimum atomic E-state index is -3.03. The third kappa shape index (κ3) is 6.09. The smallest absolute Gasteiger partial charge is 0.153 e. The standard InChI is InChI=1S/C9H21NO4S/c1-9(2)15(13,14)8-5-10(3-6-11)4-7-12/h9,11-12H,3-8H2,1-2H3. The van der Waals surface area contributed by atoms with Crippen molar-refractivity contribution in [1.82, 2.24) is 4.90 Å². The molecule has 0 aliphatic heterocycles. The second-order valence-electron chi connectivity index (χ2n) is 3.70. The van der Waals surface area contributed by atoms with Crippen LogP contribution < -0.4 is 0 Å². The minimum Gasteiger partial charge on any atom is -0.395 e. The fraction of sp³-hybridized carbons (Fsp3) is 1.00. The summed E-state index contributed by atoms with van der Waals surface area (Å²) in [6.07, 6.45) is 0. The molecular formula is C9H21NO4S. The third-order valence-electron chi connectivity index (χ3n) is 2.24. The van der Waals surface area contributed by atoms with E-state index in [4.69, 9.17) is 10.2 Å². The fourth-order valence-electron chi connectivity index (χ4n) is 1.11. The maximum absolute atomic E-state index is 11.5. The molecule has 0 aromatic carbocycles. The summed E-state index contributed by atoms with van der Waals surface area (Å²) in [5.74, 6) is 0.0741. The molecule has 5 nitrogen and oxygen atoms in total. The maximum atomic E-state index is 11.5. The lowest BCUT2D eigenvalue weighted by Gasteiger charge is -2.20. The minimum absolute atomic E-state index is 0.0261. The highest BCUT2D eigenvalue weighted by Gasteiger charge is 2.17. The largest absolute Gasteiger partial charge is 0.395 e. The van der Waals surface area contributed by atoms with Crippen LogP contribution in [0.25, 0.3) is 0 Å². The number of nitrogens with zero attached hydrogens (tertiary/aromatic N) is 1. The van der Waals surface area contributed by atoms with E-state index in [0.717, 1.165) is 0 Å². The van der Waals surface area contributed by atoms with Gasteiger partial charge in [0.25, 0.3) is 0 Å². The van der Waals surface area contributed by atoms with Crippen LogP contribution in [0.4, 0.5) is 0 Å². The topological polar surface area (TPSA) is 77.8 Å². The van der Waals surface area contributed by atoms with Gasteiger partial charge in [0.15, 0.2) is 9.84 Å². The average Bonchev–Trinajstić information content (AvgIpc) is 2.15. The Morgan fingerprint density at radius 1 is 1.07 bits per heavy atom. The molecule has 0 rings (SSSR count). The van der Waals surface area contributed by atoms with Gasteiger partial charge in [-0.15, -0.1) is 0 Å². The van der Waals surface area contributed by atoms with Crippen LogP contribution >= 0.6 is 0 Å². The molecule has 15 heavy (non-hydrogen) atoms. The molecule has 0 bridgehead atoms. The van der Waals surface area contributed by atoms with Gasteiger partial charge in [-0.25, -0.2) is 8.42 Å². The second-order valence-corrected chi connectivity index (χ2v) is 6.38. The molecule has 0 aliphatic rings. The summed E-state index contributed by atoms with van der Waals surface area (Å²) in [6, 6.07) is 0. The summed E-state index contributed by atoms with van der Waals surface area (Å²) < 4.78 is 23.0. The first kappa shape index (κ1) is 14.8. The lowest BCUT2D eigenvalue weighted by atomic mass is 10.5. The first-order valence-corrected chi connectivity index (χ1v) is 6.81. The van der Waals surface area contributed by atoms with Crippen molar-refractivity contribution in [3.05, 3.63) is 0 Å². The fourth-order valence-corrected chi connectivity index (χ4v) is 2.09. The molecular weight excluding hydrogens is 218 g/mol. The number of hydrogen-bond acceptors (Lipinski definition) is 5. The molecule has 92 valence electrons. The van der Waals surface area contributed by atoms with Crippen LogP contribution in [0.3, 0.4) is 0 Å². The van der Waals surface area contributed by atoms with Crippen molar-refractivity contribution in [2.24, 2.45) is 0 Å². The van der Waals surface area contributed by atoms with E-state index in [1.165, 1.54) is 0 Å². The molecule has 0 saturated carbocycles. The van der Waals surface area contributed by atoms with E-state index in [1.54, 1.807) is 18.7 Å². The Morgan fingerprint density at radius 3 is 1.87 bits per heavy atom. The van der Waals surface area contributed by atoms with Crippen molar-refractivity contribution in [1.29, 1.82) is 0 Å². The van der Waals surface area contributed by atoms with E-state index in [9.17, 15) is 8.42 Å². The molecule has 0 aromatic rings. The second kappa shape index (κ2) is 7.16. The SMILES string of the molecule is CC(C)S(=O)(=O)CCN(CCO)CCO. The molecule has 0 radical (unpaired) electrons. The average molecular weight is 239 g/mol. The zero-order valence-corrected chi connectivity index (χ0v) is 10.2. The van der Waals surface area contributed by atoms with Gasteiger partial charge in [0.2, 0.25) is 0 Å². The Balaban J connectivity index is 4.09. The highest BCUT2D eigenvalue weighted by molar-refractivity contribution is 7.92. The van der Waals surface area contributed by atoms with E-state index in [2.05, 4.69) is 0 Å². The van der Waals surface area contributed by atoms with E-state index in [0.29, 0.717) is 19.6 Å². The van der Waals surface area contributed by atoms with Gasteiger partial charge in [0, 0.05) is 19.6 Å². The quantitative estimate of drug-likeness (QED) is 0.574. The van der Waals surface area contributed by atoms with Crippen LogP contribution in [0.1, 0.15) is 13.8 Å². The zero-order chi connectivity index (χ0) is 11.9. The van der Waals surface area contributed by atoms with E-state index >= 15 is 0 Å². The molecule has 0 amide bonds. The Hall–Kier alpha value is -0.170. The first-order chi connectivity index (χ1) is 6.94. The van der Waals surface area contributed by atoms with Crippen LogP contribution in [-0.4, -0.2) is 67.4 Å². The number of rotatable bonds is 8. The van der Waals surface area contributed by atoms with Gasteiger partial charge in [0.05, 0.1) is 24.2 Å². The number of hydrogen-bond donors (Lipinski definition) is 2. The highest BCUT2D eigenvalue weighted by atomic mass is 32.2. The summed E-state index contributed by atoms with van der Waals surface area (Å²) in [4.78, 5) is 1.74. The van der Waals surface area contributed by atoms with Gasteiger partial charge in [0.1, 0.15) is 0 Å². The van der Waals surface area contributed by atoms with Crippen molar-refractivity contribution in [3.8, 4) is 0 Å². The molecule has 0 unspecified atom stereocenters. The lowest BCUT2D eigenvalue weighted by molar-refractivity contribution is 0.167. The lowest BCUT2D eigenvalue weighted by Crippen LogP contribution is -2.35. The maximum Gasteiger partial charge on any atom is 0.153 e. The summed E-state index contributed by atoms with van der Waals surface area (Å²) in [5.41, 5.74) is 0. The molecule has 2 N–H and O–H groups in total. The van der Waals surface area contributed by atoms with Gasteiger partial charge in [-0.05, 0) is 13.8 Å². The van der Waals surface area contributed by atoms with Crippen LogP contribution in [0, 0.1) is 0 Å². The first-order valence-electron chi connectivity index (χ1n) is 5.09. The molecule has 0 fully saturated rings. The van der Waals surface area contributed by atoms with Crippen LogP contribution in [0.2, 0.25) is 0 Å². The van der Waals surface area contributed by atoms with E-state index in [-0.39, 0.29) is 24.2 Å². The zero-order valence-electron chi connectivity index (χ0n) is 9.39. The number of sulfone groups is 1. The van der Waals surface area contributed by atoms with Crippen molar-refractivity contribution < 1.29 is 18.6 Å². The summed E-state index contributed by atoms with van der Waals surface area (Å²) >= 11 is 0. The Kier molecular flexibility index (Phi) is 7.08. The molecule has 6 heteroatoms. The van der Waals surface area contributed by atoms with Crippen LogP contribution in [0.15, 0.2) is 0 Å². The van der Waals surface area contributed by atoms with Gasteiger partial charge in [-0.2, -0.15) is 0 Å². The molecule has 0 saturated heterocycles. The summed E-state index contributed by atoms with van der Waals surface area (Å²) in [7, 11) is -3.03. The van der Waals surface area contributed by atoms with Gasteiger partial charge >= 0.3 is 0 Å². The van der Waals surface area contributed by atoms with Crippen molar-refractivity contribution in [3.63, 3.8) is 0 Å². The summed E-state index contributed by atoms with van der Waals surface area (Å²) in [5, 5.41) is 17.1. The van der Waals surface area contributed by atoms with Crippen molar-refractivity contribution in [2.75, 3.05) is 38.6 Å². The van der Waals surface area contributed by atoms with Gasteiger partial charge in [-0.1, -0.05) is 0 Å².